The molecule has 1 atom stereocenters. The molecule has 1 unspecified atom stereocenters. The van der Waals surface area contributed by atoms with E-state index >= 15 is 0 Å². The summed E-state index contributed by atoms with van der Waals surface area (Å²) in [4.78, 5) is 1.31. The van der Waals surface area contributed by atoms with Crippen LogP contribution in [0, 0.1) is 0 Å². The van der Waals surface area contributed by atoms with Gasteiger partial charge in [-0.25, -0.2) is 0 Å². The summed E-state index contributed by atoms with van der Waals surface area (Å²) in [6.07, 6.45) is 2.90. The smallest absolute Gasteiger partial charge is 0.129 e. The average molecular weight is 211 g/mol. The molecule has 0 aromatic carbocycles. The first-order valence-corrected chi connectivity index (χ1v) is 5.66. The fraction of sp³-hybridized carbons (Fsp3) is 0.455. The van der Waals surface area contributed by atoms with Crippen molar-refractivity contribution in [2.45, 2.75) is 19.4 Å². The molecule has 3 heteroatoms. The van der Waals surface area contributed by atoms with Crippen LogP contribution in [0.25, 0.3) is 0 Å². The second-order valence-electron chi connectivity index (χ2n) is 3.02. The molecular weight excluding hydrogens is 194 g/mol. The van der Waals surface area contributed by atoms with Crippen molar-refractivity contribution in [1.82, 2.24) is 5.32 Å². The van der Waals surface area contributed by atoms with Gasteiger partial charge in [0.05, 0.1) is 7.11 Å². The van der Waals surface area contributed by atoms with E-state index < -0.39 is 0 Å². The van der Waals surface area contributed by atoms with Crippen molar-refractivity contribution in [3.63, 3.8) is 0 Å². The normalized spacial score (nSPS) is 12.4. The van der Waals surface area contributed by atoms with Gasteiger partial charge in [-0.2, -0.15) is 0 Å². The van der Waals surface area contributed by atoms with Gasteiger partial charge in [0.2, 0.25) is 0 Å². The SMILES string of the molecule is C=CCC(NCC)c1cc(OC)cs1. The zero-order valence-corrected chi connectivity index (χ0v) is 9.56. The van der Waals surface area contributed by atoms with Crippen LogP contribution in [0.1, 0.15) is 24.3 Å². The Labute approximate surface area is 89.6 Å². The molecule has 1 N–H and O–H groups in total. The summed E-state index contributed by atoms with van der Waals surface area (Å²) in [6.45, 7) is 6.85. The quantitative estimate of drug-likeness (QED) is 0.730. The number of rotatable bonds is 6. The third-order valence-electron chi connectivity index (χ3n) is 2.03. The Balaban J connectivity index is 2.70. The van der Waals surface area contributed by atoms with Gasteiger partial charge in [0.25, 0.3) is 0 Å². The molecule has 0 radical (unpaired) electrons. The molecule has 0 saturated carbocycles. The van der Waals surface area contributed by atoms with Gasteiger partial charge >= 0.3 is 0 Å². The summed E-state index contributed by atoms with van der Waals surface area (Å²) in [5.74, 6) is 0.942. The second kappa shape index (κ2) is 5.83. The van der Waals surface area contributed by atoms with Crippen molar-refractivity contribution in [2.24, 2.45) is 0 Å². The molecule has 0 aliphatic rings. The number of methoxy groups -OCH3 is 1. The van der Waals surface area contributed by atoms with Gasteiger partial charge in [0.1, 0.15) is 5.75 Å². The highest BCUT2D eigenvalue weighted by Crippen LogP contribution is 2.28. The first-order chi connectivity index (χ1) is 6.81. The number of hydrogen-bond acceptors (Lipinski definition) is 3. The van der Waals surface area contributed by atoms with Gasteiger partial charge in [-0.1, -0.05) is 13.0 Å². The van der Waals surface area contributed by atoms with Gasteiger partial charge in [0, 0.05) is 16.3 Å². The Morgan fingerprint density at radius 3 is 3.00 bits per heavy atom. The van der Waals surface area contributed by atoms with Crippen molar-refractivity contribution in [3.8, 4) is 5.75 Å². The highest BCUT2D eigenvalue weighted by molar-refractivity contribution is 7.10. The maximum Gasteiger partial charge on any atom is 0.129 e. The van der Waals surface area contributed by atoms with Crippen LogP contribution in [0.4, 0.5) is 0 Å². The van der Waals surface area contributed by atoms with Crippen LogP contribution < -0.4 is 10.1 Å². The fourth-order valence-electron chi connectivity index (χ4n) is 1.34. The van der Waals surface area contributed by atoms with Gasteiger partial charge in [-0.05, 0) is 19.0 Å². The monoisotopic (exact) mass is 211 g/mol. The zero-order chi connectivity index (χ0) is 10.4. The molecule has 1 aromatic heterocycles. The molecule has 0 spiro atoms. The first-order valence-electron chi connectivity index (χ1n) is 4.78. The molecule has 1 heterocycles. The van der Waals surface area contributed by atoms with Gasteiger partial charge in [0.15, 0.2) is 0 Å². The van der Waals surface area contributed by atoms with Crippen LogP contribution in [0.5, 0.6) is 5.75 Å². The lowest BCUT2D eigenvalue weighted by Crippen LogP contribution is -2.19. The summed E-state index contributed by atoms with van der Waals surface area (Å²) in [7, 11) is 1.70. The summed E-state index contributed by atoms with van der Waals surface area (Å²) in [5.41, 5.74) is 0. The zero-order valence-electron chi connectivity index (χ0n) is 8.75. The molecule has 78 valence electrons. The van der Waals surface area contributed by atoms with Crippen LogP contribution >= 0.6 is 11.3 Å². The molecule has 0 aliphatic carbocycles. The Morgan fingerprint density at radius 1 is 1.71 bits per heavy atom. The third-order valence-corrected chi connectivity index (χ3v) is 3.05. The minimum atomic E-state index is 0.381. The van der Waals surface area contributed by atoms with Crippen LogP contribution in [0.3, 0.4) is 0 Å². The Bertz CT molecular complexity index is 283. The van der Waals surface area contributed by atoms with Gasteiger partial charge < -0.3 is 10.1 Å². The van der Waals surface area contributed by atoms with E-state index in [2.05, 4.69) is 24.9 Å². The van der Waals surface area contributed by atoms with Crippen LogP contribution in [0.2, 0.25) is 0 Å². The third kappa shape index (κ3) is 2.86. The number of ether oxygens (including phenoxy) is 1. The molecule has 0 amide bonds. The van der Waals surface area contributed by atoms with Crippen molar-refractivity contribution >= 4 is 11.3 Å². The molecule has 14 heavy (non-hydrogen) atoms. The number of thiophene rings is 1. The van der Waals surface area contributed by atoms with Crippen molar-refractivity contribution in [3.05, 3.63) is 29.0 Å². The van der Waals surface area contributed by atoms with Crippen LogP contribution in [-0.2, 0) is 0 Å². The van der Waals surface area contributed by atoms with Crippen molar-refractivity contribution in [2.75, 3.05) is 13.7 Å². The van der Waals surface area contributed by atoms with Crippen LogP contribution in [0.15, 0.2) is 24.1 Å². The standard InChI is InChI=1S/C11H17NOS/c1-4-6-10(12-5-2)11-7-9(13-3)8-14-11/h4,7-8,10,12H,1,5-6H2,2-3H3. The molecule has 1 rings (SSSR count). The van der Waals surface area contributed by atoms with E-state index in [1.807, 2.05) is 11.5 Å². The highest BCUT2D eigenvalue weighted by Gasteiger charge is 2.10. The maximum atomic E-state index is 5.16. The molecule has 0 saturated heterocycles. The van der Waals surface area contributed by atoms with E-state index in [9.17, 15) is 0 Å². The van der Waals surface area contributed by atoms with Crippen molar-refractivity contribution < 1.29 is 4.74 Å². The summed E-state index contributed by atoms with van der Waals surface area (Å²) >= 11 is 1.73. The molecule has 1 aromatic rings. The molecular formula is C11H17NOS. The van der Waals surface area contributed by atoms with Gasteiger partial charge in [-0.3, -0.25) is 0 Å². The Hall–Kier alpha value is -0.800. The highest BCUT2D eigenvalue weighted by atomic mass is 32.1. The van der Waals surface area contributed by atoms with E-state index in [-0.39, 0.29) is 0 Å². The Morgan fingerprint density at radius 2 is 2.50 bits per heavy atom. The molecule has 0 bridgehead atoms. The Kier molecular flexibility index (Phi) is 4.70. The lowest BCUT2D eigenvalue weighted by Gasteiger charge is -2.13. The predicted molar refractivity (Wildman–Crippen MR) is 62.1 cm³/mol. The van der Waals surface area contributed by atoms with E-state index in [0.29, 0.717) is 6.04 Å². The molecule has 0 aliphatic heterocycles. The lowest BCUT2D eigenvalue weighted by molar-refractivity contribution is 0.416. The van der Waals surface area contributed by atoms with E-state index in [0.717, 1.165) is 18.7 Å². The molecule has 2 nitrogen and oxygen atoms in total. The average Bonchev–Trinajstić information content (AvgIpc) is 2.65. The number of nitrogens with one attached hydrogen (secondary N) is 1. The summed E-state index contributed by atoms with van der Waals surface area (Å²) in [5, 5.41) is 5.45. The number of hydrogen-bond donors (Lipinski definition) is 1. The molecule has 0 fully saturated rings. The maximum absolute atomic E-state index is 5.16. The minimum absolute atomic E-state index is 0.381. The van der Waals surface area contributed by atoms with E-state index in [1.165, 1.54) is 4.88 Å². The largest absolute Gasteiger partial charge is 0.496 e. The van der Waals surface area contributed by atoms with Crippen molar-refractivity contribution in [1.29, 1.82) is 0 Å². The van der Waals surface area contributed by atoms with E-state index in [1.54, 1.807) is 18.4 Å². The topological polar surface area (TPSA) is 21.3 Å². The van der Waals surface area contributed by atoms with Gasteiger partial charge in [-0.15, -0.1) is 17.9 Å². The predicted octanol–water partition coefficient (Wildman–Crippen LogP) is 2.98. The summed E-state index contributed by atoms with van der Waals surface area (Å²) in [6, 6.07) is 2.47. The summed E-state index contributed by atoms with van der Waals surface area (Å²) < 4.78 is 5.16. The second-order valence-corrected chi connectivity index (χ2v) is 3.97. The fourth-order valence-corrected chi connectivity index (χ4v) is 2.28. The van der Waals surface area contributed by atoms with Crippen LogP contribution in [-0.4, -0.2) is 13.7 Å². The van der Waals surface area contributed by atoms with E-state index in [4.69, 9.17) is 4.74 Å². The first kappa shape index (κ1) is 11.3. The lowest BCUT2D eigenvalue weighted by atomic mass is 10.1. The minimum Gasteiger partial charge on any atom is -0.496 e.